The number of rotatable bonds is 4. The second-order valence-electron chi connectivity index (χ2n) is 9.54. The zero-order valence-corrected chi connectivity index (χ0v) is 16.9. The predicted molar refractivity (Wildman–Crippen MR) is 115 cm³/mol. The third-order valence-electron chi connectivity index (χ3n) is 7.80. The van der Waals surface area contributed by atoms with Gasteiger partial charge in [-0.05, 0) is 79.9 Å². The van der Waals surface area contributed by atoms with E-state index in [1.807, 2.05) is 18.2 Å². The second kappa shape index (κ2) is 6.83. The smallest absolute Gasteiger partial charge is 0.264 e. The zero-order valence-electron chi connectivity index (χ0n) is 16.9. The minimum atomic E-state index is -0.142. The average Bonchev–Trinajstić information content (AvgIpc) is 3.25. The van der Waals surface area contributed by atoms with Crippen LogP contribution in [0.1, 0.15) is 38.5 Å². The molecule has 2 aromatic heterocycles. The largest absolute Gasteiger partial charge is 0.326 e. The molecular formula is C24H26N4O2. The summed E-state index contributed by atoms with van der Waals surface area (Å²) in [5.41, 5.74) is 0.573. The minimum absolute atomic E-state index is 0.0800. The topological polar surface area (TPSA) is 79.8 Å². The van der Waals surface area contributed by atoms with Gasteiger partial charge in [0.2, 0.25) is 5.91 Å². The zero-order chi connectivity index (χ0) is 20.2. The lowest BCUT2D eigenvalue weighted by atomic mass is 9.51. The first kappa shape index (κ1) is 17.9. The predicted octanol–water partition coefficient (Wildman–Crippen LogP) is 4.11. The third kappa shape index (κ3) is 2.89. The van der Waals surface area contributed by atoms with Crippen LogP contribution >= 0.6 is 0 Å². The van der Waals surface area contributed by atoms with Gasteiger partial charge in [0, 0.05) is 41.3 Å². The molecule has 4 fully saturated rings. The summed E-state index contributed by atoms with van der Waals surface area (Å²) in [6.45, 7) is 0. The van der Waals surface area contributed by atoms with Crippen molar-refractivity contribution in [2.75, 3.05) is 5.32 Å². The van der Waals surface area contributed by atoms with Crippen LogP contribution in [0.15, 0.2) is 47.5 Å². The maximum Gasteiger partial charge on any atom is 0.264 e. The van der Waals surface area contributed by atoms with E-state index in [0.29, 0.717) is 29.2 Å². The van der Waals surface area contributed by atoms with Gasteiger partial charge in [0.1, 0.15) is 0 Å². The molecule has 6 nitrogen and oxygen atoms in total. The number of carbonyl (C=O) groups excluding carboxylic acids is 1. The standard InChI is InChI=1S/C24H26N4O2/c29-23(13-20-16-9-14-8-15(11-16)12-17(20)10-14)26-21-3-1-2-19-18(21)5-7-28(24(19)30)22-4-6-25-27-22/h1-7,14-17,20H,8-13H2,(H,25,27)(H,26,29). The Labute approximate surface area is 174 Å². The van der Waals surface area contributed by atoms with E-state index in [1.165, 1.54) is 36.7 Å². The number of benzene rings is 1. The summed E-state index contributed by atoms with van der Waals surface area (Å²) >= 11 is 0. The molecule has 4 bridgehead atoms. The van der Waals surface area contributed by atoms with E-state index >= 15 is 0 Å². The molecule has 0 saturated heterocycles. The molecule has 0 spiro atoms. The van der Waals surface area contributed by atoms with E-state index in [1.54, 1.807) is 24.5 Å². The van der Waals surface area contributed by atoms with Crippen LogP contribution in [0.5, 0.6) is 0 Å². The number of nitrogens with one attached hydrogen (secondary N) is 2. The molecule has 4 aliphatic carbocycles. The summed E-state index contributed by atoms with van der Waals surface area (Å²) < 4.78 is 1.51. The molecule has 154 valence electrons. The maximum atomic E-state index is 13.0. The van der Waals surface area contributed by atoms with Gasteiger partial charge in [-0.15, -0.1) is 0 Å². The van der Waals surface area contributed by atoms with E-state index in [0.717, 1.165) is 29.1 Å². The number of anilines is 1. The summed E-state index contributed by atoms with van der Waals surface area (Å²) in [6, 6.07) is 9.15. The third-order valence-corrected chi connectivity index (χ3v) is 7.80. The molecular weight excluding hydrogens is 376 g/mol. The highest BCUT2D eigenvalue weighted by molar-refractivity contribution is 6.01. The molecule has 1 amide bonds. The number of aromatic nitrogens is 3. The average molecular weight is 402 g/mol. The Morgan fingerprint density at radius 1 is 1.03 bits per heavy atom. The molecule has 6 heteroatoms. The number of nitrogens with zero attached hydrogens (tertiary/aromatic N) is 2. The Morgan fingerprint density at radius 3 is 2.50 bits per heavy atom. The van der Waals surface area contributed by atoms with Crippen molar-refractivity contribution in [3.63, 3.8) is 0 Å². The Kier molecular flexibility index (Phi) is 4.08. The van der Waals surface area contributed by atoms with Gasteiger partial charge in [0.15, 0.2) is 5.82 Å². The lowest BCUT2D eigenvalue weighted by Crippen LogP contribution is -2.46. The van der Waals surface area contributed by atoms with E-state index in [9.17, 15) is 9.59 Å². The van der Waals surface area contributed by atoms with Gasteiger partial charge in [0.25, 0.3) is 5.56 Å². The molecule has 2 N–H and O–H groups in total. The van der Waals surface area contributed by atoms with Gasteiger partial charge < -0.3 is 5.32 Å². The first-order chi connectivity index (χ1) is 14.7. The highest BCUT2D eigenvalue weighted by atomic mass is 16.1. The highest BCUT2D eigenvalue weighted by Crippen LogP contribution is 2.57. The lowest BCUT2D eigenvalue weighted by Gasteiger charge is -2.54. The number of hydrogen-bond donors (Lipinski definition) is 2. The van der Waals surface area contributed by atoms with Crippen LogP contribution in [0.25, 0.3) is 16.6 Å². The number of H-pyrrole nitrogens is 1. The van der Waals surface area contributed by atoms with Gasteiger partial charge in [-0.1, -0.05) is 6.07 Å². The van der Waals surface area contributed by atoms with Gasteiger partial charge in [-0.2, -0.15) is 5.10 Å². The maximum absolute atomic E-state index is 13.0. The first-order valence-electron chi connectivity index (χ1n) is 11.1. The second-order valence-corrected chi connectivity index (χ2v) is 9.54. The molecule has 1 aromatic carbocycles. The Bertz CT molecular complexity index is 1140. The first-order valence-corrected chi connectivity index (χ1v) is 11.1. The molecule has 4 aliphatic rings. The minimum Gasteiger partial charge on any atom is -0.326 e. The summed E-state index contributed by atoms with van der Waals surface area (Å²) in [4.78, 5) is 25.9. The fourth-order valence-electron chi connectivity index (χ4n) is 6.74. The molecule has 0 atom stereocenters. The van der Waals surface area contributed by atoms with Gasteiger partial charge in [-0.3, -0.25) is 19.3 Å². The SMILES string of the molecule is O=C(CC1C2CC3CC(C2)CC1C3)Nc1cccc2c(=O)n(-c3cc[nH]n3)ccc12. The van der Waals surface area contributed by atoms with E-state index in [4.69, 9.17) is 0 Å². The number of amides is 1. The van der Waals surface area contributed by atoms with Crippen LogP contribution in [0.4, 0.5) is 5.69 Å². The number of aromatic amines is 1. The Balaban J connectivity index is 1.25. The lowest BCUT2D eigenvalue weighted by molar-refractivity contribution is -0.121. The van der Waals surface area contributed by atoms with Gasteiger partial charge >= 0.3 is 0 Å². The van der Waals surface area contributed by atoms with Crippen LogP contribution in [0, 0.1) is 29.6 Å². The molecule has 2 heterocycles. The number of hydrogen-bond acceptors (Lipinski definition) is 3. The highest BCUT2D eigenvalue weighted by Gasteiger charge is 2.48. The summed E-state index contributed by atoms with van der Waals surface area (Å²) in [5.74, 6) is 4.48. The number of pyridine rings is 1. The quantitative estimate of drug-likeness (QED) is 0.689. The van der Waals surface area contributed by atoms with Crippen LogP contribution in [0.2, 0.25) is 0 Å². The molecule has 0 radical (unpaired) electrons. The summed E-state index contributed by atoms with van der Waals surface area (Å²) in [5, 5.41) is 11.3. The molecule has 0 unspecified atom stereocenters. The van der Waals surface area contributed by atoms with Crippen molar-refractivity contribution in [1.82, 2.24) is 14.8 Å². The van der Waals surface area contributed by atoms with Crippen molar-refractivity contribution in [3.8, 4) is 5.82 Å². The van der Waals surface area contributed by atoms with Crippen LogP contribution in [-0.2, 0) is 4.79 Å². The fraction of sp³-hybridized carbons (Fsp3) is 0.458. The number of fused-ring (bicyclic) bond motifs is 1. The van der Waals surface area contributed by atoms with Crippen LogP contribution < -0.4 is 10.9 Å². The van der Waals surface area contributed by atoms with Gasteiger partial charge in [0.05, 0.1) is 0 Å². The van der Waals surface area contributed by atoms with Crippen molar-refractivity contribution in [1.29, 1.82) is 0 Å². The summed E-state index contributed by atoms with van der Waals surface area (Å²) in [6.07, 6.45) is 10.7. The Hall–Kier alpha value is -2.89. The molecule has 3 aromatic rings. The normalized spacial score (nSPS) is 29.4. The van der Waals surface area contributed by atoms with Crippen molar-refractivity contribution in [2.45, 2.75) is 38.5 Å². The molecule has 4 saturated carbocycles. The van der Waals surface area contributed by atoms with E-state index < -0.39 is 0 Å². The monoisotopic (exact) mass is 402 g/mol. The Morgan fingerprint density at radius 2 is 1.80 bits per heavy atom. The van der Waals surface area contributed by atoms with Crippen molar-refractivity contribution >= 4 is 22.4 Å². The van der Waals surface area contributed by atoms with Crippen molar-refractivity contribution in [2.24, 2.45) is 29.6 Å². The van der Waals surface area contributed by atoms with E-state index in [2.05, 4.69) is 15.5 Å². The van der Waals surface area contributed by atoms with Gasteiger partial charge in [-0.25, -0.2) is 0 Å². The van der Waals surface area contributed by atoms with Crippen LogP contribution in [0.3, 0.4) is 0 Å². The fourth-order valence-corrected chi connectivity index (χ4v) is 6.74. The summed E-state index contributed by atoms with van der Waals surface area (Å²) in [7, 11) is 0. The number of carbonyl (C=O) groups is 1. The molecule has 30 heavy (non-hydrogen) atoms. The van der Waals surface area contributed by atoms with Crippen molar-refractivity contribution in [3.05, 3.63) is 53.1 Å². The molecule has 0 aliphatic heterocycles. The molecule has 7 rings (SSSR count). The van der Waals surface area contributed by atoms with Crippen molar-refractivity contribution < 1.29 is 4.79 Å². The van der Waals surface area contributed by atoms with Crippen LogP contribution in [-0.4, -0.2) is 20.7 Å². The van der Waals surface area contributed by atoms with E-state index in [-0.39, 0.29) is 11.5 Å².